The van der Waals surface area contributed by atoms with Gasteiger partial charge in [0.05, 0.1) is 17.5 Å². The molecule has 1 aliphatic rings. The summed E-state index contributed by atoms with van der Waals surface area (Å²) in [6.07, 6.45) is 3.88. The second-order valence-corrected chi connectivity index (χ2v) is 5.92. The minimum Gasteiger partial charge on any atom is -0.371 e. The van der Waals surface area contributed by atoms with Crippen LogP contribution in [0.25, 0.3) is 0 Å². The third kappa shape index (κ3) is 3.10. The molecule has 0 radical (unpaired) electrons. The van der Waals surface area contributed by atoms with Crippen molar-refractivity contribution in [1.82, 2.24) is 9.47 Å². The van der Waals surface area contributed by atoms with E-state index in [1.54, 1.807) is 18.2 Å². The molecule has 126 valence electrons. The number of hydrogen-bond donors (Lipinski definition) is 1. The number of anilines is 1. The van der Waals surface area contributed by atoms with Crippen LogP contribution in [0.5, 0.6) is 0 Å². The van der Waals surface area contributed by atoms with Crippen LogP contribution in [0.1, 0.15) is 24.6 Å². The number of nitrogens with zero attached hydrogens (tertiary/aromatic N) is 3. The first-order valence-corrected chi connectivity index (χ1v) is 7.96. The van der Waals surface area contributed by atoms with E-state index in [2.05, 4.69) is 5.32 Å². The molecule has 1 saturated heterocycles. The molecule has 24 heavy (non-hydrogen) atoms. The van der Waals surface area contributed by atoms with E-state index in [0.717, 1.165) is 18.5 Å². The van der Waals surface area contributed by atoms with Crippen molar-refractivity contribution >= 4 is 17.3 Å². The highest BCUT2D eigenvalue weighted by atomic mass is 16.6. The SMILES string of the molecule is Cn1cccc1C1CCCN1C(=O)CNc1ccccc1[N+](=O)[O-]. The molecule has 1 amide bonds. The summed E-state index contributed by atoms with van der Waals surface area (Å²) in [5.74, 6) is -0.0446. The van der Waals surface area contributed by atoms with Gasteiger partial charge >= 0.3 is 0 Å². The number of aromatic nitrogens is 1. The molecule has 7 heteroatoms. The van der Waals surface area contributed by atoms with Crippen molar-refractivity contribution in [3.05, 3.63) is 58.4 Å². The lowest BCUT2D eigenvalue weighted by atomic mass is 10.1. The highest BCUT2D eigenvalue weighted by Crippen LogP contribution is 2.32. The molecule has 0 saturated carbocycles. The van der Waals surface area contributed by atoms with Crippen LogP contribution in [-0.4, -0.2) is 33.4 Å². The summed E-state index contributed by atoms with van der Waals surface area (Å²) in [4.78, 5) is 25.0. The Morgan fingerprint density at radius 3 is 2.83 bits per heavy atom. The number of carbonyl (C=O) groups is 1. The first kappa shape index (κ1) is 16.0. The van der Waals surface area contributed by atoms with Crippen molar-refractivity contribution in [3.63, 3.8) is 0 Å². The van der Waals surface area contributed by atoms with Crippen LogP contribution in [0, 0.1) is 10.1 Å². The van der Waals surface area contributed by atoms with Crippen LogP contribution >= 0.6 is 0 Å². The zero-order valence-electron chi connectivity index (χ0n) is 13.5. The molecule has 2 heterocycles. The fraction of sp³-hybridized carbons (Fsp3) is 0.353. The Kier molecular flexibility index (Phi) is 4.50. The minimum absolute atomic E-state index is 0.0225. The van der Waals surface area contributed by atoms with Gasteiger partial charge in [-0.2, -0.15) is 0 Å². The predicted molar refractivity (Wildman–Crippen MR) is 90.7 cm³/mol. The van der Waals surface area contributed by atoms with Crippen molar-refractivity contribution in [2.45, 2.75) is 18.9 Å². The molecule has 1 aliphatic heterocycles. The summed E-state index contributed by atoms with van der Waals surface area (Å²) in [6, 6.07) is 10.4. The Labute approximate surface area is 140 Å². The minimum atomic E-state index is -0.449. The largest absolute Gasteiger partial charge is 0.371 e. The molecular weight excluding hydrogens is 308 g/mol. The maximum Gasteiger partial charge on any atom is 0.292 e. The molecule has 0 bridgehead atoms. The van der Waals surface area contributed by atoms with Crippen molar-refractivity contribution in [2.24, 2.45) is 7.05 Å². The number of para-hydroxylation sites is 2. The normalized spacial score (nSPS) is 17.0. The van der Waals surface area contributed by atoms with Gasteiger partial charge in [-0.15, -0.1) is 0 Å². The second-order valence-electron chi connectivity index (χ2n) is 5.92. The predicted octanol–water partition coefficient (Wildman–Crippen LogP) is 2.71. The van der Waals surface area contributed by atoms with Crippen LogP contribution < -0.4 is 5.32 Å². The Morgan fingerprint density at radius 2 is 2.12 bits per heavy atom. The number of carbonyl (C=O) groups excluding carboxylic acids is 1. The first-order chi connectivity index (χ1) is 11.6. The lowest BCUT2D eigenvalue weighted by Crippen LogP contribution is -2.35. The van der Waals surface area contributed by atoms with Crippen molar-refractivity contribution in [1.29, 1.82) is 0 Å². The van der Waals surface area contributed by atoms with Crippen molar-refractivity contribution in [2.75, 3.05) is 18.4 Å². The fourth-order valence-electron chi connectivity index (χ4n) is 3.25. The van der Waals surface area contributed by atoms with Gasteiger partial charge in [-0.3, -0.25) is 14.9 Å². The van der Waals surface area contributed by atoms with Crippen LogP contribution in [0.4, 0.5) is 11.4 Å². The number of amides is 1. The van der Waals surface area contributed by atoms with Crippen LogP contribution in [0.15, 0.2) is 42.6 Å². The number of hydrogen-bond acceptors (Lipinski definition) is 4. The average Bonchev–Trinajstić information content (AvgIpc) is 3.21. The van der Waals surface area contributed by atoms with Gasteiger partial charge in [-0.25, -0.2) is 0 Å². The Balaban J connectivity index is 1.69. The van der Waals surface area contributed by atoms with E-state index in [1.165, 1.54) is 6.07 Å². The molecule has 0 aliphatic carbocycles. The standard InChI is InChI=1S/C17H20N4O3/c1-19-10-4-8-15(19)16-9-5-11-20(16)17(22)12-18-13-6-2-3-7-14(13)21(23)24/h2-4,6-8,10,16,18H,5,9,11-12H2,1H3. The van der Waals surface area contributed by atoms with E-state index < -0.39 is 4.92 Å². The summed E-state index contributed by atoms with van der Waals surface area (Å²) < 4.78 is 2.03. The smallest absolute Gasteiger partial charge is 0.292 e. The summed E-state index contributed by atoms with van der Waals surface area (Å²) >= 11 is 0. The maximum atomic E-state index is 12.6. The molecule has 1 atom stereocenters. The third-order valence-corrected chi connectivity index (χ3v) is 4.43. The second kappa shape index (κ2) is 6.74. The zero-order chi connectivity index (χ0) is 17.1. The highest BCUT2D eigenvalue weighted by molar-refractivity contribution is 5.82. The Hall–Kier alpha value is -2.83. The first-order valence-electron chi connectivity index (χ1n) is 7.96. The number of nitro benzene ring substituents is 1. The number of nitro groups is 1. The van der Waals surface area contributed by atoms with Gasteiger partial charge in [0.1, 0.15) is 5.69 Å². The molecule has 1 aromatic heterocycles. The van der Waals surface area contributed by atoms with E-state index in [0.29, 0.717) is 12.2 Å². The fourth-order valence-corrected chi connectivity index (χ4v) is 3.25. The molecule has 7 nitrogen and oxygen atoms in total. The summed E-state index contributed by atoms with van der Waals surface area (Å²) in [5, 5.41) is 13.9. The molecular formula is C17H20N4O3. The molecule has 2 aromatic rings. The number of likely N-dealkylation sites (tertiary alicyclic amines) is 1. The Morgan fingerprint density at radius 1 is 1.33 bits per heavy atom. The average molecular weight is 328 g/mol. The lowest BCUT2D eigenvalue weighted by molar-refractivity contribution is -0.383. The van der Waals surface area contributed by atoms with Gasteiger partial charge in [0.15, 0.2) is 0 Å². The molecule has 1 aromatic carbocycles. The maximum absolute atomic E-state index is 12.6. The molecule has 1 unspecified atom stereocenters. The number of rotatable bonds is 5. The van der Waals surface area contributed by atoms with E-state index in [-0.39, 0.29) is 24.2 Å². The van der Waals surface area contributed by atoms with E-state index in [9.17, 15) is 14.9 Å². The van der Waals surface area contributed by atoms with Crippen LogP contribution in [0.2, 0.25) is 0 Å². The van der Waals surface area contributed by atoms with Crippen molar-refractivity contribution < 1.29 is 9.72 Å². The number of nitrogens with one attached hydrogen (secondary N) is 1. The summed E-state index contributed by atoms with van der Waals surface area (Å²) in [5.41, 5.74) is 1.46. The number of benzene rings is 1. The number of aryl methyl sites for hydroxylation is 1. The molecule has 3 rings (SSSR count). The lowest BCUT2D eigenvalue weighted by Gasteiger charge is -2.25. The molecule has 1 N–H and O–H groups in total. The van der Waals surface area contributed by atoms with Gasteiger partial charge in [0.2, 0.25) is 5.91 Å². The van der Waals surface area contributed by atoms with Gasteiger partial charge in [0.25, 0.3) is 5.69 Å². The van der Waals surface area contributed by atoms with Gasteiger partial charge in [0, 0.05) is 31.5 Å². The molecule has 1 fully saturated rings. The summed E-state index contributed by atoms with van der Waals surface area (Å²) in [6.45, 7) is 0.763. The quantitative estimate of drug-likeness (QED) is 0.676. The summed E-state index contributed by atoms with van der Waals surface area (Å²) in [7, 11) is 1.97. The zero-order valence-corrected chi connectivity index (χ0v) is 13.5. The van der Waals surface area contributed by atoms with Crippen LogP contribution in [0.3, 0.4) is 0 Å². The molecule has 0 spiro atoms. The monoisotopic (exact) mass is 328 g/mol. The van der Waals surface area contributed by atoms with Crippen LogP contribution in [-0.2, 0) is 11.8 Å². The van der Waals surface area contributed by atoms with Gasteiger partial charge in [-0.05, 0) is 31.0 Å². The van der Waals surface area contributed by atoms with Gasteiger partial charge < -0.3 is 14.8 Å². The third-order valence-electron chi connectivity index (χ3n) is 4.43. The van der Waals surface area contributed by atoms with E-state index in [4.69, 9.17) is 0 Å². The van der Waals surface area contributed by atoms with E-state index in [1.807, 2.05) is 34.8 Å². The highest BCUT2D eigenvalue weighted by Gasteiger charge is 2.31. The Bertz CT molecular complexity index is 756. The topological polar surface area (TPSA) is 80.4 Å². The van der Waals surface area contributed by atoms with Gasteiger partial charge in [-0.1, -0.05) is 12.1 Å². The van der Waals surface area contributed by atoms with E-state index >= 15 is 0 Å². The van der Waals surface area contributed by atoms with Crippen molar-refractivity contribution in [3.8, 4) is 0 Å².